The molecule has 1 atom stereocenters. The largest absolute Gasteiger partial charge is 0.507 e. The highest BCUT2D eigenvalue weighted by atomic mass is 16.5. The number of fused-ring (bicyclic) bond motifs is 1. The number of ether oxygens (including phenoxy) is 2. The molecule has 1 N–H and O–H groups in total. The molecule has 2 aliphatic heterocycles. The lowest BCUT2D eigenvalue weighted by Gasteiger charge is -2.26. The molecule has 0 saturated carbocycles. The van der Waals surface area contributed by atoms with Crippen LogP contribution >= 0.6 is 0 Å². The number of hydrogen-bond acceptors (Lipinski definition) is 5. The summed E-state index contributed by atoms with van der Waals surface area (Å²) in [4.78, 5) is 27.5. The van der Waals surface area contributed by atoms with Crippen molar-refractivity contribution in [1.82, 2.24) is 4.90 Å². The van der Waals surface area contributed by atoms with Gasteiger partial charge in [-0.05, 0) is 36.2 Å². The van der Waals surface area contributed by atoms with Gasteiger partial charge in [-0.25, -0.2) is 0 Å². The van der Waals surface area contributed by atoms with Gasteiger partial charge in [0.2, 0.25) is 0 Å². The number of unbranched alkanes of at least 4 members (excludes halogenated alkanes) is 1. The quantitative estimate of drug-likeness (QED) is 0.447. The predicted molar refractivity (Wildman–Crippen MR) is 113 cm³/mol. The number of aliphatic hydroxyl groups is 1. The second-order valence-electron chi connectivity index (χ2n) is 7.51. The molecule has 0 aliphatic carbocycles. The summed E-state index contributed by atoms with van der Waals surface area (Å²) in [6.07, 6.45) is 2.39. The van der Waals surface area contributed by atoms with Crippen molar-refractivity contribution in [2.45, 2.75) is 32.2 Å². The molecular weight excluding hydrogens is 382 g/mol. The number of aliphatic hydroxyl groups excluding tert-OH is 1. The third kappa shape index (κ3) is 3.32. The second-order valence-corrected chi connectivity index (χ2v) is 7.51. The zero-order valence-corrected chi connectivity index (χ0v) is 17.2. The third-order valence-corrected chi connectivity index (χ3v) is 5.69. The highest BCUT2D eigenvalue weighted by molar-refractivity contribution is 6.46. The Morgan fingerprint density at radius 2 is 2.03 bits per heavy atom. The van der Waals surface area contributed by atoms with E-state index in [4.69, 9.17) is 9.47 Å². The number of amides is 1. The van der Waals surface area contributed by atoms with Crippen LogP contribution in [0.4, 0.5) is 0 Å². The van der Waals surface area contributed by atoms with E-state index in [1.54, 1.807) is 30.2 Å². The summed E-state index contributed by atoms with van der Waals surface area (Å²) >= 11 is 0. The molecule has 4 rings (SSSR count). The number of benzene rings is 2. The van der Waals surface area contributed by atoms with Crippen LogP contribution in [0.3, 0.4) is 0 Å². The molecule has 2 heterocycles. The number of hydrogen-bond donors (Lipinski definition) is 1. The van der Waals surface area contributed by atoms with Gasteiger partial charge in [-0.3, -0.25) is 9.59 Å². The van der Waals surface area contributed by atoms with Crippen molar-refractivity contribution >= 4 is 17.4 Å². The summed E-state index contributed by atoms with van der Waals surface area (Å²) in [6.45, 7) is 3.06. The lowest BCUT2D eigenvalue weighted by molar-refractivity contribution is -0.139. The predicted octanol–water partition coefficient (Wildman–Crippen LogP) is 3.85. The van der Waals surface area contributed by atoms with Gasteiger partial charge in [-0.2, -0.15) is 0 Å². The first kappa shape index (κ1) is 20.0. The molecule has 0 spiro atoms. The standard InChI is InChI=1S/C24H25NO5/c1-3-4-12-25-21(17-7-5-6-8-19(17)29-2)20(23(27)24(25)28)22(26)16-9-10-18-15(14-16)11-13-30-18/h5-10,14,21,26H,3-4,11-13H2,1-2H3/b22-20+. The average molecular weight is 407 g/mol. The van der Waals surface area contributed by atoms with Gasteiger partial charge in [-0.1, -0.05) is 31.5 Å². The first-order valence-electron chi connectivity index (χ1n) is 10.2. The van der Waals surface area contributed by atoms with Gasteiger partial charge < -0.3 is 19.5 Å². The number of Topliss-reactive ketones (excluding diaryl/α,β-unsaturated/α-hetero) is 1. The maximum atomic E-state index is 13.0. The number of carbonyl (C=O) groups excluding carboxylic acids is 2. The van der Waals surface area contributed by atoms with Crippen LogP contribution in [0.15, 0.2) is 48.0 Å². The molecule has 0 aromatic heterocycles. The first-order chi connectivity index (χ1) is 14.6. The molecular formula is C24H25NO5. The van der Waals surface area contributed by atoms with Gasteiger partial charge in [0.25, 0.3) is 11.7 Å². The lowest BCUT2D eigenvalue weighted by atomic mass is 9.94. The average Bonchev–Trinajstić information content (AvgIpc) is 3.34. The van der Waals surface area contributed by atoms with Crippen molar-refractivity contribution in [1.29, 1.82) is 0 Å². The molecule has 2 aliphatic rings. The number of likely N-dealkylation sites (tertiary alicyclic amines) is 1. The second kappa shape index (κ2) is 8.22. The van der Waals surface area contributed by atoms with Crippen LogP contribution < -0.4 is 9.47 Å². The van der Waals surface area contributed by atoms with Gasteiger partial charge >= 0.3 is 0 Å². The van der Waals surface area contributed by atoms with Gasteiger partial charge in [-0.15, -0.1) is 0 Å². The van der Waals surface area contributed by atoms with Crippen LogP contribution in [0.5, 0.6) is 11.5 Å². The van der Waals surface area contributed by atoms with E-state index in [2.05, 4.69) is 0 Å². The molecule has 156 valence electrons. The van der Waals surface area contributed by atoms with Gasteiger partial charge in [0.05, 0.1) is 25.3 Å². The third-order valence-electron chi connectivity index (χ3n) is 5.69. The summed E-state index contributed by atoms with van der Waals surface area (Å²) in [5, 5.41) is 11.2. The Bertz CT molecular complexity index is 1030. The minimum atomic E-state index is -0.697. The normalized spacial score (nSPS) is 19.7. The number of carbonyl (C=O) groups is 2. The lowest BCUT2D eigenvalue weighted by Crippen LogP contribution is -2.30. The fourth-order valence-corrected chi connectivity index (χ4v) is 4.14. The van der Waals surface area contributed by atoms with Crippen molar-refractivity contribution in [2.24, 2.45) is 0 Å². The Labute approximate surface area is 175 Å². The summed E-state index contributed by atoms with van der Waals surface area (Å²) in [5.74, 6) is -0.0741. The monoisotopic (exact) mass is 407 g/mol. The summed E-state index contributed by atoms with van der Waals surface area (Å²) in [7, 11) is 1.55. The van der Waals surface area contributed by atoms with Crippen molar-refractivity contribution in [2.75, 3.05) is 20.3 Å². The van der Waals surface area contributed by atoms with Crippen molar-refractivity contribution in [3.63, 3.8) is 0 Å². The summed E-state index contributed by atoms with van der Waals surface area (Å²) in [6, 6.07) is 11.9. The Hall–Kier alpha value is -3.28. The molecule has 0 bridgehead atoms. The Kier molecular flexibility index (Phi) is 5.48. The van der Waals surface area contributed by atoms with E-state index >= 15 is 0 Å². The number of rotatable bonds is 6. The molecule has 1 saturated heterocycles. The van der Waals surface area contributed by atoms with Gasteiger partial charge in [0.1, 0.15) is 17.3 Å². The molecule has 1 amide bonds. The molecule has 0 radical (unpaired) electrons. The van der Waals surface area contributed by atoms with Crippen molar-refractivity contribution in [3.8, 4) is 11.5 Å². The van der Waals surface area contributed by atoms with Crippen LogP contribution in [0, 0.1) is 0 Å². The maximum Gasteiger partial charge on any atom is 0.295 e. The Morgan fingerprint density at radius 1 is 1.23 bits per heavy atom. The van der Waals surface area contributed by atoms with E-state index in [1.807, 2.05) is 31.2 Å². The highest BCUT2D eigenvalue weighted by Gasteiger charge is 2.46. The zero-order chi connectivity index (χ0) is 21.3. The van der Waals surface area contributed by atoms with Crippen LogP contribution in [-0.4, -0.2) is 42.0 Å². The topological polar surface area (TPSA) is 76.1 Å². The van der Waals surface area contributed by atoms with Crippen LogP contribution in [0.25, 0.3) is 5.76 Å². The maximum absolute atomic E-state index is 13.0. The molecule has 6 nitrogen and oxygen atoms in total. The molecule has 6 heteroatoms. The van der Waals surface area contributed by atoms with E-state index in [9.17, 15) is 14.7 Å². The molecule has 2 aromatic carbocycles. The number of para-hydroxylation sites is 1. The Balaban J connectivity index is 1.87. The number of methoxy groups -OCH3 is 1. The fraction of sp³-hybridized carbons (Fsp3) is 0.333. The minimum absolute atomic E-state index is 0.0967. The minimum Gasteiger partial charge on any atom is -0.507 e. The molecule has 1 fully saturated rings. The first-order valence-corrected chi connectivity index (χ1v) is 10.2. The highest BCUT2D eigenvalue weighted by Crippen LogP contribution is 2.43. The van der Waals surface area contributed by atoms with Crippen LogP contribution in [0.1, 0.15) is 42.5 Å². The molecule has 2 aromatic rings. The SMILES string of the molecule is CCCCN1C(=O)C(=O)/C(=C(/O)c2ccc3c(c2)CCO3)C1c1ccccc1OC. The van der Waals surface area contributed by atoms with Crippen LogP contribution in [-0.2, 0) is 16.0 Å². The van der Waals surface area contributed by atoms with E-state index in [-0.39, 0.29) is 11.3 Å². The van der Waals surface area contributed by atoms with E-state index in [0.717, 1.165) is 30.6 Å². The van der Waals surface area contributed by atoms with E-state index in [0.29, 0.717) is 30.0 Å². The fourth-order valence-electron chi connectivity index (χ4n) is 4.14. The molecule has 1 unspecified atom stereocenters. The smallest absolute Gasteiger partial charge is 0.295 e. The number of nitrogens with zero attached hydrogens (tertiary/aromatic N) is 1. The number of ketones is 1. The molecule has 30 heavy (non-hydrogen) atoms. The van der Waals surface area contributed by atoms with Crippen LogP contribution in [0.2, 0.25) is 0 Å². The van der Waals surface area contributed by atoms with Gasteiger partial charge in [0, 0.05) is 24.1 Å². The van der Waals surface area contributed by atoms with Crippen molar-refractivity contribution in [3.05, 3.63) is 64.7 Å². The van der Waals surface area contributed by atoms with E-state index in [1.165, 1.54) is 0 Å². The van der Waals surface area contributed by atoms with E-state index < -0.39 is 17.7 Å². The van der Waals surface area contributed by atoms with Gasteiger partial charge in [0.15, 0.2) is 0 Å². The zero-order valence-electron chi connectivity index (χ0n) is 17.2. The summed E-state index contributed by atoms with van der Waals surface area (Å²) in [5.41, 5.74) is 2.27. The summed E-state index contributed by atoms with van der Waals surface area (Å²) < 4.78 is 11.0. The Morgan fingerprint density at radius 3 is 2.80 bits per heavy atom. The van der Waals surface area contributed by atoms with Crippen molar-refractivity contribution < 1.29 is 24.2 Å².